The van der Waals surface area contributed by atoms with Gasteiger partial charge in [0.2, 0.25) is 5.89 Å². The van der Waals surface area contributed by atoms with Crippen molar-refractivity contribution in [3.63, 3.8) is 0 Å². The van der Waals surface area contributed by atoms with Gasteiger partial charge in [0.05, 0.1) is 6.54 Å². The minimum absolute atomic E-state index is 0.187. The highest BCUT2D eigenvalue weighted by Crippen LogP contribution is 2.18. The quantitative estimate of drug-likeness (QED) is 0.783. The summed E-state index contributed by atoms with van der Waals surface area (Å²) in [6, 6.07) is 6.35. The summed E-state index contributed by atoms with van der Waals surface area (Å²) in [4.78, 5) is 6.37. The Bertz CT molecular complexity index is 556. The number of anilines is 1. The molecule has 0 bridgehead atoms. The van der Waals surface area contributed by atoms with E-state index in [9.17, 15) is 4.39 Å². The molecule has 1 heterocycles. The van der Waals surface area contributed by atoms with Gasteiger partial charge in [-0.2, -0.15) is 4.98 Å². The van der Waals surface area contributed by atoms with E-state index in [2.05, 4.69) is 10.1 Å². The highest BCUT2D eigenvalue weighted by Gasteiger charge is 2.16. The van der Waals surface area contributed by atoms with Crippen molar-refractivity contribution in [3.8, 4) is 0 Å². The molecule has 2 rings (SSSR count). The van der Waals surface area contributed by atoms with Crippen molar-refractivity contribution in [2.75, 3.05) is 18.1 Å². The summed E-state index contributed by atoms with van der Waals surface area (Å²) in [6.45, 7) is 7.66. The first kappa shape index (κ1) is 15.4. The minimum atomic E-state index is -0.250. The average molecular weight is 293 g/mol. The Morgan fingerprint density at radius 2 is 2.00 bits per heavy atom. The molecule has 0 saturated carbocycles. The number of hydrogen-bond donors (Lipinski definition) is 0. The second-order valence-electron chi connectivity index (χ2n) is 4.63. The van der Waals surface area contributed by atoms with Gasteiger partial charge in [-0.3, -0.25) is 0 Å². The van der Waals surface area contributed by atoms with Gasteiger partial charge in [0.25, 0.3) is 0 Å². The van der Waals surface area contributed by atoms with Crippen LogP contribution in [0.3, 0.4) is 0 Å². The van der Waals surface area contributed by atoms with E-state index in [1.807, 2.05) is 25.7 Å². The van der Waals surface area contributed by atoms with Crippen molar-refractivity contribution >= 4 is 5.69 Å². The topological polar surface area (TPSA) is 51.4 Å². The highest BCUT2D eigenvalue weighted by molar-refractivity contribution is 5.45. The summed E-state index contributed by atoms with van der Waals surface area (Å²) < 4.78 is 23.7. The lowest BCUT2D eigenvalue weighted by molar-refractivity contribution is 0.0683. The van der Waals surface area contributed by atoms with Gasteiger partial charge < -0.3 is 14.2 Å². The molecule has 0 fully saturated rings. The lowest BCUT2D eigenvalue weighted by atomic mass is 10.2. The number of hydrogen-bond acceptors (Lipinski definition) is 5. The molecule has 0 N–H and O–H groups in total. The third-order valence-electron chi connectivity index (χ3n) is 3.16. The number of rotatable bonds is 7. The van der Waals surface area contributed by atoms with Crippen molar-refractivity contribution < 1.29 is 13.7 Å². The van der Waals surface area contributed by atoms with Crippen molar-refractivity contribution in [2.45, 2.75) is 33.4 Å². The Balaban J connectivity index is 2.06. The lowest BCUT2D eigenvalue weighted by Crippen LogP contribution is -2.22. The highest BCUT2D eigenvalue weighted by atomic mass is 19.1. The zero-order chi connectivity index (χ0) is 15.2. The van der Waals surface area contributed by atoms with Gasteiger partial charge in [0.15, 0.2) is 5.82 Å². The van der Waals surface area contributed by atoms with Crippen LogP contribution in [0.5, 0.6) is 0 Å². The van der Waals surface area contributed by atoms with Crippen molar-refractivity contribution in [2.24, 2.45) is 0 Å². The van der Waals surface area contributed by atoms with Crippen LogP contribution in [0, 0.1) is 5.82 Å². The Labute approximate surface area is 123 Å². The molecule has 1 aromatic carbocycles. The van der Waals surface area contributed by atoms with Gasteiger partial charge in [-0.05, 0) is 45.0 Å². The zero-order valence-corrected chi connectivity index (χ0v) is 12.5. The van der Waals surface area contributed by atoms with Crippen molar-refractivity contribution in [3.05, 3.63) is 41.8 Å². The molecule has 2 aromatic rings. The van der Waals surface area contributed by atoms with Crippen LogP contribution in [0.1, 0.15) is 38.6 Å². The van der Waals surface area contributed by atoms with Crippen LogP contribution < -0.4 is 4.90 Å². The third kappa shape index (κ3) is 4.01. The summed E-state index contributed by atoms with van der Waals surface area (Å²) in [6.07, 6.45) is -0.187. The number of benzene rings is 1. The molecule has 0 aliphatic carbocycles. The minimum Gasteiger partial charge on any atom is -0.371 e. The molecule has 21 heavy (non-hydrogen) atoms. The standard InChI is InChI=1S/C15H20FN3O2/c1-4-19(13-8-6-12(16)7-9-13)10-14-17-15(18-21-14)11(3)20-5-2/h6-9,11H,4-5,10H2,1-3H3/t11-/m0/s1. The van der Waals surface area contributed by atoms with Crippen LogP contribution in [0.15, 0.2) is 28.8 Å². The lowest BCUT2D eigenvalue weighted by Gasteiger charge is -2.20. The van der Waals surface area contributed by atoms with Gasteiger partial charge in [0.1, 0.15) is 11.9 Å². The van der Waals surface area contributed by atoms with Gasteiger partial charge in [-0.25, -0.2) is 4.39 Å². The Morgan fingerprint density at radius 3 is 2.62 bits per heavy atom. The van der Waals surface area contributed by atoms with Crippen LogP contribution in [0.25, 0.3) is 0 Å². The van der Waals surface area contributed by atoms with E-state index in [1.165, 1.54) is 12.1 Å². The first-order chi connectivity index (χ1) is 10.1. The van der Waals surface area contributed by atoms with Crippen LogP contribution in [0.2, 0.25) is 0 Å². The van der Waals surface area contributed by atoms with E-state index in [0.29, 0.717) is 24.9 Å². The van der Waals surface area contributed by atoms with Gasteiger partial charge in [0, 0.05) is 18.8 Å². The van der Waals surface area contributed by atoms with Crippen molar-refractivity contribution in [1.82, 2.24) is 10.1 Å². The third-order valence-corrected chi connectivity index (χ3v) is 3.16. The van der Waals surface area contributed by atoms with E-state index in [1.54, 1.807) is 12.1 Å². The van der Waals surface area contributed by atoms with E-state index in [-0.39, 0.29) is 11.9 Å². The second-order valence-corrected chi connectivity index (χ2v) is 4.63. The van der Waals surface area contributed by atoms with Crippen LogP contribution >= 0.6 is 0 Å². The molecule has 0 radical (unpaired) electrons. The predicted octanol–water partition coefficient (Wildman–Crippen LogP) is 3.33. The first-order valence-corrected chi connectivity index (χ1v) is 7.08. The van der Waals surface area contributed by atoms with E-state index in [4.69, 9.17) is 9.26 Å². The van der Waals surface area contributed by atoms with Gasteiger partial charge in [-0.1, -0.05) is 5.16 Å². The van der Waals surface area contributed by atoms with Gasteiger partial charge in [-0.15, -0.1) is 0 Å². The fourth-order valence-electron chi connectivity index (χ4n) is 2.02. The Morgan fingerprint density at radius 1 is 1.29 bits per heavy atom. The Kier molecular flexibility index (Phi) is 5.27. The molecule has 0 aliphatic rings. The van der Waals surface area contributed by atoms with Crippen LogP contribution in [0.4, 0.5) is 10.1 Å². The molecular formula is C15H20FN3O2. The summed E-state index contributed by atoms with van der Waals surface area (Å²) >= 11 is 0. The Hall–Kier alpha value is -1.95. The second kappa shape index (κ2) is 7.17. The van der Waals surface area contributed by atoms with Crippen LogP contribution in [-0.2, 0) is 11.3 Å². The maximum atomic E-state index is 13.0. The van der Waals surface area contributed by atoms with Crippen molar-refractivity contribution in [1.29, 1.82) is 0 Å². The van der Waals surface area contributed by atoms with Gasteiger partial charge >= 0.3 is 0 Å². The largest absolute Gasteiger partial charge is 0.371 e. The zero-order valence-electron chi connectivity index (χ0n) is 12.5. The molecular weight excluding hydrogens is 273 g/mol. The molecule has 6 heteroatoms. The van der Waals surface area contributed by atoms with Crippen LogP contribution in [-0.4, -0.2) is 23.3 Å². The summed E-state index contributed by atoms with van der Waals surface area (Å²) in [7, 11) is 0. The molecule has 0 spiro atoms. The maximum absolute atomic E-state index is 13.0. The number of halogens is 1. The van der Waals surface area contributed by atoms with E-state index >= 15 is 0 Å². The molecule has 0 saturated heterocycles. The molecule has 0 unspecified atom stereocenters. The maximum Gasteiger partial charge on any atom is 0.246 e. The predicted molar refractivity (Wildman–Crippen MR) is 77.5 cm³/mol. The fraction of sp³-hybridized carbons (Fsp3) is 0.467. The molecule has 1 aromatic heterocycles. The molecule has 0 amide bonds. The number of ether oxygens (including phenoxy) is 1. The average Bonchev–Trinajstić information content (AvgIpc) is 2.95. The normalized spacial score (nSPS) is 12.4. The molecule has 114 valence electrons. The van der Waals surface area contributed by atoms with E-state index in [0.717, 1.165) is 12.2 Å². The number of aromatic nitrogens is 2. The smallest absolute Gasteiger partial charge is 0.246 e. The van der Waals surface area contributed by atoms with E-state index < -0.39 is 0 Å². The first-order valence-electron chi connectivity index (χ1n) is 7.08. The molecule has 1 atom stereocenters. The number of nitrogens with zero attached hydrogens (tertiary/aromatic N) is 3. The summed E-state index contributed by atoms with van der Waals surface area (Å²) in [5.74, 6) is 0.810. The summed E-state index contributed by atoms with van der Waals surface area (Å²) in [5.41, 5.74) is 0.913. The molecule has 0 aliphatic heterocycles. The SMILES string of the molecule is CCO[C@@H](C)c1noc(CN(CC)c2ccc(F)cc2)n1. The fourth-order valence-corrected chi connectivity index (χ4v) is 2.02. The summed E-state index contributed by atoms with van der Waals surface area (Å²) in [5, 5.41) is 3.93. The molecule has 5 nitrogen and oxygen atoms in total. The monoisotopic (exact) mass is 293 g/mol.